The number of hydrogen-bond donors (Lipinski definition) is 1. The highest BCUT2D eigenvalue weighted by molar-refractivity contribution is 7.14. The van der Waals surface area contributed by atoms with Gasteiger partial charge in [-0.25, -0.2) is 4.98 Å². The molecule has 1 N–H and O–H groups in total. The summed E-state index contributed by atoms with van der Waals surface area (Å²) in [5.74, 6) is 0.413. The first-order valence-corrected chi connectivity index (χ1v) is 10.2. The van der Waals surface area contributed by atoms with Crippen LogP contribution in [0.3, 0.4) is 0 Å². The van der Waals surface area contributed by atoms with Crippen molar-refractivity contribution in [3.8, 4) is 0 Å². The molecule has 0 aliphatic carbocycles. The summed E-state index contributed by atoms with van der Waals surface area (Å²) in [6, 6.07) is 3.85. The fourth-order valence-electron chi connectivity index (χ4n) is 3.88. The average molecular weight is 388 g/mol. The molecular formula is C19H24N4O3S. The van der Waals surface area contributed by atoms with Gasteiger partial charge in [0.05, 0.1) is 17.0 Å². The van der Waals surface area contributed by atoms with Crippen LogP contribution in [0.4, 0.5) is 0 Å². The monoisotopic (exact) mass is 388 g/mol. The molecule has 2 aromatic heterocycles. The van der Waals surface area contributed by atoms with Crippen LogP contribution in [0.1, 0.15) is 56.9 Å². The molecule has 4 rings (SSSR count). The minimum Gasteiger partial charge on any atom is -0.393 e. The van der Waals surface area contributed by atoms with Gasteiger partial charge in [-0.15, -0.1) is 11.3 Å². The Morgan fingerprint density at radius 2 is 1.93 bits per heavy atom. The summed E-state index contributed by atoms with van der Waals surface area (Å²) >= 11 is 1.48. The maximum Gasteiger partial charge on any atom is 0.290 e. The van der Waals surface area contributed by atoms with Crippen LogP contribution in [0.5, 0.6) is 0 Å². The molecule has 2 amide bonds. The van der Waals surface area contributed by atoms with E-state index in [4.69, 9.17) is 0 Å². The van der Waals surface area contributed by atoms with Crippen molar-refractivity contribution in [3.05, 3.63) is 40.1 Å². The van der Waals surface area contributed by atoms with Gasteiger partial charge in [0.2, 0.25) is 0 Å². The lowest BCUT2D eigenvalue weighted by molar-refractivity contribution is 0.0550. The zero-order valence-electron chi connectivity index (χ0n) is 15.4. The molecule has 0 radical (unpaired) electrons. The van der Waals surface area contributed by atoms with Gasteiger partial charge in [0, 0.05) is 44.0 Å². The van der Waals surface area contributed by atoms with Crippen LogP contribution in [0.25, 0.3) is 0 Å². The zero-order chi connectivity index (χ0) is 19.0. The van der Waals surface area contributed by atoms with E-state index >= 15 is 0 Å². The Morgan fingerprint density at radius 1 is 1.15 bits per heavy atom. The first kappa shape index (κ1) is 18.2. The van der Waals surface area contributed by atoms with E-state index in [2.05, 4.69) is 4.98 Å². The topological polar surface area (TPSA) is 78.7 Å². The number of likely N-dealkylation sites (tertiary alicyclic amines) is 2. The molecule has 0 spiro atoms. The van der Waals surface area contributed by atoms with Crippen LogP contribution in [0, 0.1) is 0 Å². The largest absolute Gasteiger partial charge is 0.393 e. The number of piperidine rings is 1. The SMILES string of the molecule is Cn1ccnc1C(=O)N1CCC[C@@H]1c1ccc(C(=O)N2CCC(O)CC2)s1. The number of aliphatic hydroxyl groups excluding tert-OH is 1. The Labute approximate surface area is 162 Å². The third-order valence-electron chi connectivity index (χ3n) is 5.44. The van der Waals surface area contributed by atoms with Gasteiger partial charge < -0.3 is 19.5 Å². The molecule has 27 heavy (non-hydrogen) atoms. The molecule has 0 aromatic carbocycles. The zero-order valence-corrected chi connectivity index (χ0v) is 16.2. The van der Waals surface area contributed by atoms with Gasteiger partial charge in [0.15, 0.2) is 5.82 Å². The van der Waals surface area contributed by atoms with Crippen LogP contribution in [0.2, 0.25) is 0 Å². The van der Waals surface area contributed by atoms with Gasteiger partial charge in [0.1, 0.15) is 0 Å². The number of aromatic nitrogens is 2. The van der Waals surface area contributed by atoms with E-state index in [1.807, 2.05) is 29.0 Å². The molecule has 0 bridgehead atoms. The van der Waals surface area contributed by atoms with Crippen molar-refractivity contribution in [2.24, 2.45) is 7.05 Å². The number of carbonyl (C=O) groups excluding carboxylic acids is 2. The summed E-state index contributed by atoms with van der Waals surface area (Å²) < 4.78 is 1.74. The lowest BCUT2D eigenvalue weighted by Gasteiger charge is -2.29. The highest BCUT2D eigenvalue weighted by Crippen LogP contribution is 2.37. The molecule has 0 saturated carbocycles. The first-order chi connectivity index (χ1) is 13.0. The number of amides is 2. The molecule has 2 aromatic rings. The number of nitrogens with zero attached hydrogens (tertiary/aromatic N) is 4. The Morgan fingerprint density at radius 3 is 2.63 bits per heavy atom. The molecular weight excluding hydrogens is 364 g/mol. The van der Waals surface area contributed by atoms with E-state index in [1.165, 1.54) is 11.3 Å². The maximum absolute atomic E-state index is 12.9. The fourth-order valence-corrected chi connectivity index (χ4v) is 5.00. The Bertz CT molecular complexity index is 838. The van der Waals surface area contributed by atoms with Gasteiger partial charge in [-0.1, -0.05) is 0 Å². The first-order valence-electron chi connectivity index (χ1n) is 9.40. The summed E-state index contributed by atoms with van der Waals surface area (Å²) in [5.41, 5.74) is 0. The Hall–Kier alpha value is -2.19. The molecule has 144 valence electrons. The van der Waals surface area contributed by atoms with Crippen LogP contribution in [-0.4, -0.2) is 62.0 Å². The number of rotatable bonds is 3. The molecule has 4 heterocycles. The third kappa shape index (κ3) is 3.51. The number of hydrogen-bond acceptors (Lipinski definition) is 5. The Balaban J connectivity index is 1.49. The summed E-state index contributed by atoms with van der Waals surface area (Å²) in [6.45, 7) is 1.91. The van der Waals surface area contributed by atoms with Crippen molar-refractivity contribution >= 4 is 23.2 Å². The summed E-state index contributed by atoms with van der Waals surface area (Å²) in [5, 5.41) is 9.63. The molecule has 2 saturated heterocycles. The quantitative estimate of drug-likeness (QED) is 0.873. The predicted octanol–water partition coefficient (Wildman–Crippen LogP) is 2.06. The second-order valence-corrected chi connectivity index (χ2v) is 8.36. The van der Waals surface area contributed by atoms with Crippen molar-refractivity contribution in [2.45, 2.75) is 37.8 Å². The number of aliphatic hydroxyl groups is 1. The molecule has 2 fully saturated rings. The molecule has 0 unspecified atom stereocenters. The van der Waals surface area contributed by atoms with E-state index in [0.717, 1.165) is 17.7 Å². The molecule has 7 nitrogen and oxygen atoms in total. The highest BCUT2D eigenvalue weighted by Gasteiger charge is 2.34. The van der Waals surface area contributed by atoms with E-state index in [9.17, 15) is 14.7 Å². The molecule has 1 atom stereocenters. The van der Waals surface area contributed by atoms with Crippen molar-refractivity contribution < 1.29 is 14.7 Å². The number of imidazole rings is 1. The highest BCUT2D eigenvalue weighted by atomic mass is 32.1. The average Bonchev–Trinajstić information content (AvgIpc) is 3.41. The lowest BCUT2D eigenvalue weighted by atomic mass is 10.1. The maximum atomic E-state index is 12.9. The minimum atomic E-state index is -0.294. The van der Waals surface area contributed by atoms with Gasteiger partial charge in [0.25, 0.3) is 11.8 Å². The van der Waals surface area contributed by atoms with Gasteiger partial charge in [-0.3, -0.25) is 9.59 Å². The van der Waals surface area contributed by atoms with Gasteiger partial charge in [-0.05, 0) is 37.8 Å². The standard InChI is InChI=1S/C19H24N4O3S/c1-21-12-8-20-17(21)19(26)23-9-2-3-14(23)15-4-5-16(27-15)18(25)22-10-6-13(24)7-11-22/h4-5,8,12-14,24H,2-3,6-7,9-11H2,1H3/t14-/m1/s1. The molecule has 2 aliphatic rings. The van der Waals surface area contributed by atoms with Crippen molar-refractivity contribution in [3.63, 3.8) is 0 Å². The smallest absolute Gasteiger partial charge is 0.290 e. The van der Waals surface area contributed by atoms with E-state index < -0.39 is 0 Å². The summed E-state index contributed by atoms with van der Waals surface area (Å²) in [4.78, 5) is 35.3. The number of aryl methyl sites for hydroxylation is 1. The van der Waals surface area contributed by atoms with Gasteiger partial charge in [-0.2, -0.15) is 0 Å². The number of thiophene rings is 1. The number of carbonyl (C=O) groups is 2. The fraction of sp³-hybridized carbons (Fsp3) is 0.526. The van der Waals surface area contributed by atoms with Crippen molar-refractivity contribution in [1.29, 1.82) is 0 Å². The summed E-state index contributed by atoms with van der Waals surface area (Å²) in [7, 11) is 1.82. The Kier molecular flexibility index (Phi) is 5.01. The third-order valence-corrected chi connectivity index (χ3v) is 6.62. The van der Waals surface area contributed by atoms with Crippen LogP contribution < -0.4 is 0 Å². The second-order valence-electron chi connectivity index (χ2n) is 7.24. The predicted molar refractivity (Wildman–Crippen MR) is 102 cm³/mol. The minimum absolute atomic E-state index is 0.00364. The van der Waals surface area contributed by atoms with Crippen LogP contribution in [-0.2, 0) is 7.05 Å². The molecule has 8 heteroatoms. The van der Waals surface area contributed by atoms with Crippen LogP contribution in [0.15, 0.2) is 24.5 Å². The van der Waals surface area contributed by atoms with Crippen molar-refractivity contribution in [1.82, 2.24) is 19.4 Å². The summed E-state index contributed by atoms with van der Waals surface area (Å²) in [6.07, 6.45) is 6.24. The van der Waals surface area contributed by atoms with E-state index in [1.54, 1.807) is 17.0 Å². The van der Waals surface area contributed by atoms with Gasteiger partial charge >= 0.3 is 0 Å². The second kappa shape index (κ2) is 7.44. The lowest BCUT2D eigenvalue weighted by Crippen LogP contribution is -2.39. The molecule has 2 aliphatic heterocycles. The van der Waals surface area contributed by atoms with Crippen LogP contribution >= 0.6 is 11.3 Å². The van der Waals surface area contributed by atoms with E-state index in [-0.39, 0.29) is 24.0 Å². The normalized spacial score (nSPS) is 21.0. The van der Waals surface area contributed by atoms with Crippen molar-refractivity contribution in [2.75, 3.05) is 19.6 Å². The van der Waals surface area contributed by atoms with E-state index in [0.29, 0.717) is 43.2 Å².